The predicted octanol–water partition coefficient (Wildman–Crippen LogP) is 1.28. The van der Waals surface area contributed by atoms with Gasteiger partial charge in [-0.25, -0.2) is 13.6 Å². The number of hydrogen-bond acceptors (Lipinski definition) is 5. The van der Waals surface area contributed by atoms with Gasteiger partial charge in [-0.05, 0) is 30.4 Å². The number of sulfonamides is 1. The van der Waals surface area contributed by atoms with Gasteiger partial charge in [0.2, 0.25) is 10.0 Å². The summed E-state index contributed by atoms with van der Waals surface area (Å²) in [6, 6.07) is 5.96. The van der Waals surface area contributed by atoms with Gasteiger partial charge in [-0.3, -0.25) is 10.1 Å². The van der Waals surface area contributed by atoms with E-state index in [1.807, 2.05) is 0 Å². The third-order valence-electron chi connectivity index (χ3n) is 2.53. The molecule has 1 aromatic carbocycles. The van der Waals surface area contributed by atoms with Gasteiger partial charge >= 0.3 is 0 Å². The maximum atomic E-state index is 11.1. The van der Waals surface area contributed by atoms with Gasteiger partial charge < -0.3 is 5.32 Å². The molecule has 7 nitrogen and oxygen atoms in total. The molecule has 0 bridgehead atoms. The van der Waals surface area contributed by atoms with Crippen LogP contribution in [-0.2, 0) is 16.6 Å². The number of rotatable bonds is 7. The van der Waals surface area contributed by atoms with Gasteiger partial charge in [-0.2, -0.15) is 0 Å². The maximum absolute atomic E-state index is 11.1. The molecule has 8 heteroatoms. The minimum absolute atomic E-state index is 0.0208. The first-order valence-electron chi connectivity index (χ1n) is 5.77. The van der Waals surface area contributed by atoms with E-state index in [-0.39, 0.29) is 10.6 Å². The first-order chi connectivity index (χ1) is 9.74. The van der Waals surface area contributed by atoms with Gasteiger partial charge in [-0.1, -0.05) is 18.7 Å². The van der Waals surface area contributed by atoms with Gasteiger partial charge in [0.25, 0.3) is 5.70 Å². The fourth-order valence-corrected chi connectivity index (χ4v) is 1.93. The Labute approximate surface area is 122 Å². The zero-order valence-corrected chi connectivity index (χ0v) is 12.0. The quantitative estimate of drug-likeness (QED) is 0.447. The fourth-order valence-electron chi connectivity index (χ4n) is 1.42. The lowest BCUT2D eigenvalue weighted by Gasteiger charge is -2.07. The maximum Gasteiger partial charge on any atom is 0.264 e. The number of benzene rings is 1. The summed E-state index contributed by atoms with van der Waals surface area (Å²) in [7, 11) is -3.72. The van der Waals surface area contributed by atoms with Crippen molar-refractivity contribution in [3.8, 4) is 0 Å². The van der Waals surface area contributed by atoms with Crippen LogP contribution in [0.5, 0.6) is 0 Å². The minimum Gasteiger partial charge on any atom is -0.381 e. The first kappa shape index (κ1) is 16.6. The second-order valence-electron chi connectivity index (χ2n) is 4.09. The van der Waals surface area contributed by atoms with Crippen molar-refractivity contribution in [2.75, 3.05) is 0 Å². The van der Waals surface area contributed by atoms with E-state index in [1.165, 1.54) is 24.3 Å². The fraction of sp³-hybridized carbons (Fsp3) is 0.0769. The zero-order chi connectivity index (χ0) is 16.0. The topological polar surface area (TPSA) is 115 Å². The number of nitrogens with two attached hydrogens (primary N) is 1. The van der Waals surface area contributed by atoms with Crippen molar-refractivity contribution in [3.05, 3.63) is 76.6 Å². The van der Waals surface area contributed by atoms with E-state index in [2.05, 4.69) is 18.5 Å². The summed E-state index contributed by atoms with van der Waals surface area (Å²) in [6.07, 6.45) is 2.68. The van der Waals surface area contributed by atoms with Gasteiger partial charge in [0, 0.05) is 18.3 Å². The number of hydrogen-bond donors (Lipinski definition) is 2. The Morgan fingerprint density at radius 3 is 2.38 bits per heavy atom. The minimum atomic E-state index is -3.72. The summed E-state index contributed by atoms with van der Waals surface area (Å²) in [4.78, 5) is 9.90. The van der Waals surface area contributed by atoms with Gasteiger partial charge in [0.05, 0.1) is 9.82 Å². The van der Waals surface area contributed by atoms with Crippen LogP contribution < -0.4 is 10.5 Å². The Balaban J connectivity index is 2.76. The Morgan fingerprint density at radius 2 is 1.95 bits per heavy atom. The lowest BCUT2D eigenvalue weighted by molar-refractivity contribution is -0.418. The predicted molar refractivity (Wildman–Crippen MR) is 79.1 cm³/mol. The van der Waals surface area contributed by atoms with Crippen molar-refractivity contribution in [2.45, 2.75) is 11.4 Å². The molecule has 0 saturated heterocycles. The number of nitrogens with one attached hydrogen (secondary N) is 1. The van der Waals surface area contributed by atoms with E-state index in [0.717, 1.165) is 5.56 Å². The summed E-state index contributed by atoms with van der Waals surface area (Å²) in [5.74, 6) is 0. The summed E-state index contributed by atoms with van der Waals surface area (Å²) >= 11 is 0. The number of nitrogens with zero attached hydrogens (tertiary/aromatic N) is 1. The Kier molecular flexibility index (Phi) is 5.39. The van der Waals surface area contributed by atoms with E-state index >= 15 is 0 Å². The molecule has 0 saturated carbocycles. The van der Waals surface area contributed by atoms with Crippen LogP contribution in [0, 0.1) is 10.1 Å². The molecule has 0 amide bonds. The molecule has 0 aliphatic heterocycles. The molecular formula is C13H15N3O4S. The standard InChI is InChI=1S/C13H15N3O4S/c1-3-12(8-10(2)16(17)18)15-9-11-4-6-13(7-5-11)21(14,19)20/h3-8,15H,1-2,9H2,(H2,14,19,20)/b12-8+. The smallest absolute Gasteiger partial charge is 0.264 e. The van der Waals surface area contributed by atoms with Crippen LogP contribution >= 0.6 is 0 Å². The van der Waals surface area contributed by atoms with Crippen molar-refractivity contribution < 1.29 is 13.3 Å². The molecule has 0 fully saturated rings. The van der Waals surface area contributed by atoms with Crippen LogP contribution in [0.25, 0.3) is 0 Å². The van der Waals surface area contributed by atoms with E-state index in [4.69, 9.17) is 5.14 Å². The van der Waals surface area contributed by atoms with Crippen LogP contribution in [-0.4, -0.2) is 13.3 Å². The van der Waals surface area contributed by atoms with Crippen molar-refractivity contribution in [3.63, 3.8) is 0 Å². The zero-order valence-electron chi connectivity index (χ0n) is 11.2. The van der Waals surface area contributed by atoms with Crippen molar-refractivity contribution >= 4 is 10.0 Å². The normalized spacial score (nSPS) is 11.8. The highest BCUT2D eigenvalue weighted by molar-refractivity contribution is 7.89. The molecule has 21 heavy (non-hydrogen) atoms. The lowest BCUT2D eigenvalue weighted by atomic mass is 10.2. The molecule has 1 rings (SSSR count). The Morgan fingerprint density at radius 1 is 1.38 bits per heavy atom. The molecule has 0 spiro atoms. The molecule has 0 heterocycles. The number of primary sulfonamides is 1. The highest BCUT2D eigenvalue weighted by Crippen LogP contribution is 2.09. The summed E-state index contributed by atoms with van der Waals surface area (Å²) < 4.78 is 22.2. The second-order valence-corrected chi connectivity index (χ2v) is 5.66. The summed E-state index contributed by atoms with van der Waals surface area (Å²) in [6.45, 7) is 7.17. The van der Waals surface area contributed by atoms with Gasteiger partial charge in [0.15, 0.2) is 0 Å². The average molecular weight is 309 g/mol. The molecule has 112 valence electrons. The molecule has 0 unspecified atom stereocenters. The Hall–Kier alpha value is -2.45. The van der Waals surface area contributed by atoms with Crippen molar-refractivity contribution in [2.24, 2.45) is 5.14 Å². The van der Waals surface area contributed by atoms with Crippen LogP contribution in [0.15, 0.2) is 65.9 Å². The van der Waals surface area contributed by atoms with Gasteiger partial charge in [-0.15, -0.1) is 0 Å². The van der Waals surface area contributed by atoms with Crippen LogP contribution in [0.1, 0.15) is 5.56 Å². The Bertz CT molecular complexity index is 691. The van der Waals surface area contributed by atoms with E-state index in [9.17, 15) is 18.5 Å². The molecule has 0 radical (unpaired) electrons. The SMILES string of the molecule is C=C/C(=C\C(=C)[N+](=O)[O-])NCc1ccc(S(N)(=O)=O)cc1. The number of nitro groups is 1. The third-order valence-corrected chi connectivity index (χ3v) is 3.45. The highest BCUT2D eigenvalue weighted by atomic mass is 32.2. The summed E-state index contributed by atoms with van der Waals surface area (Å²) in [5, 5.41) is 18.4. The molecule has 0 aliphatic rings. The van der Waals surface area contributed by atoms with Crippen LogP contribution in [0.4, 0.5) is 0 Å². The van der Waals surface area contributed by atoms with Crippen molar-refractivity contribution in [1.82, 2.24) is 5.32 Å². The molecule has 3 N–H and O–H groups in total. The van der Waals surface area contributed by atoms with Gasteiger partial charge in [0.1, 0.15) is 0 Å². The molecule has 0 aliphatic carbocycles. The monoisotopic (exact) mass is 309 g/mol. The lowest BCUT2D eigenvalue weighted by Crippen LogP contribution is -2.14. The molecule has 1 aromatic rings. The molecule has 0 aromatic heterocycles. The average Bonchev–Trinajstić information content (AvgIpc) is 2.42. The van der Waals surface area contributed by atoms with E-state index in [1.54, 1.807) is 12.1 Å². The van der Waals surface area contributed by atoms with Crippen LogP contribution in [0.3, 0.4) is 0 Å². The highest BCUT2D eigenvalue weighted by Gasteiger charge is 2.07. The second kappa shape index (κ2) is 6.82. The number of allylic oxidation sites excluding steroid dienone is 2. The molecular weight excluding hydrogens is 294 g/mol. The molecule has 0 atom stereocenters. The van der Waals surface area contributed by atoms with Crippen LogP contribution in [0.2, 0.25) is 0 Å². The van der Waals surface area contributed by atoms with E-state index < -0.39 is 14.9 Å². The largest absolute Gasteiger partial charge is 0.381 e. The summed E-state index contributed by atoms with van der Waals surface area (Å²) in [5.41, 5.74) is 0.955. The van der Waals surface area contributed by atoms with Crippen molar-refractivity contribution in [1.29, 1.82) is 0 Å². The third kappa shape index (κ3) is 5.21. The van der Waals surface area contributed by atoms with E-state index in [0.29, 0.717) is 12.2 Å². The first-order valence-corrected chi connectivity index (χ1v) is 7.31.